The number of primary amides is 1. The highest BCUT2D eigenvalue weighted by Gasteiger charge is 2.07. The third-order valence-electron chi connectivity index (χ3n) is 2.00. The van der Waals surface area contributed by atoms with E-state index in [9.17, 15) is 14.4 Å². The van der Waals surface area contributed by atoms with E-state index in [1.807, 2.05) is 0 Å². The zero-order valence-electron chi connectivity index (χ0n) is 9.54. The second-order valence-electron chi connectivity index (χ2n) is 3.49. The number of aromatic nitrogens is 2. The highest BCUT2D eigenvalue weighted by molar-refractivity contribution is 7.99. The first-order valence-corrected chi connectivity index (χ1v) is 6.18. The molecule has 0 fully saturated rings. The summed E-state index contributed by atoms with van der Waals surface area (Å²) in [5.74, 6) is -1.56. The Bertz CT molecular complexity index is 500. The van der Waals surface area contributed by atoms with Crippen molar-refractivity contribution in [1.29, 1.82) is 0 Å². The summed E-state index contributed by atoms with van der Waals surface area (Å²) < 4.78 is 1.64. The van der Waals surface area contributed by atoms with Gasteiger partial charge in [-0.15, -0.1) is 0 Å². The predicted molar refractivity (Wildman–Crippen MR) is 65.3 cm³/mol. The number of aliphatic carboxylic acids is 1. The Morgan fingerprint density at radius 2 is 2.22 bits per heavy atom. The summed E-state index contributed by atoms with van der Waals surface area (Å²) in [6.07, 6.45) is 2.27. The van der Waals surface area contributed by atoms with Crippen LogP contribution in [0.5, 0.6) is 0 Å². The Morgan fingerprint density at radius 3 is 2.83 bits per heavy atom. The van der Waals surface area contributed by atoms with Crippen molar-refractivity contribution in [3.05, 3.63) is 22.6 Å². The molecule has 0 aliphatic rings. The number of carboxylic acids is 1. The fourth-order valence-corrected chi connectivity index (χ4v) is 1.97. The number of thioether (sulfide) groups is 1. The highest BCUT2D eigenvalue weighted by atomic mass is 32.2. The minimum absolute atomic E-state index is 0.174. The van der Waals surface area contributed by atoms with Crippen molar-refractivity contribution in [3.63, 3.8) is 0 Å². The lowest BCUT2D eigenvalue weighted by Crippen LogP contribution is -2.16. The summed E-state index contributed by atoms with van der Waals surface area (Å²) in [6, 6.07) is 1.29. The number of hydrogen-bond donors (Lipinski definition) is 2. The molecule has 0 aliphatic heterocycles. The molecule has 8 heteroatoms. The Balaban J connectivity index is 2.72. The van der Waals surface area contributed by atoms with Crippen LogP contribution >= 0.6 is 11.8 Å². The molecular weight excluding hydrogens is 258 g/mol. The fourth-order valence-electron chi connectivity index (χ4n) is 1.25. The third kappa shape index (κ3) is 5.00. The zero-order valence-corrected chi connectivity index (χ0v) is 10.4. The van der Waals surface area contributed by atoms with Gasteiger partial charge in [-0.05, 0) is 6.42 Å². The van der Waals surface area contributed by atoms with Crippen LogP contribution < -0.4 is 11.3 Å². The van der Waals surface area contributed by atoms with Crippen LogP contribution in [0, 0.1) is 0 Å². The minimum atomic E-state index is -0.984. The van der Waals surface area contributed by atoms with Gasteiger partial charge in [0.2, 0.25) is 5.91 Å². The van der Waals surface area contributed by atoms with E-state index in [0.29, 0.717) is 18.1 Å². The lowest BCUT2D eigenvalue weighted by Gasteiger charge is -2.09. The van der Waals surface area contributed by atoms with Crippen LogP contribution in [-0.4, -0.2) is 32.3 Å². The highest BCUT2D eigenvalue weighted by Crippen LogP contribution is 2.14. The fraction of sp³-hybridized carbons (Fsp3) is 0.400. The zero-order chi connectivity index (χ0) is 13.5. The Morgan fingerprint density at radius 1 is 1.50 bits per heavy atom. The van der Waals surface area contributed by atoms with Gasteiger partial charge < -0.3 is 15.4 Å². The molecule has 0 saturated heterocycles. The SMILES string of the molecule is NC(=O)CCCn1ccc(=O)nc1SCC(=O)O. The summed E-state index contributed by atoms with van der Waals surface area (Å²) in [6.45, 7) is 0.457. The Labute approximate surface area is 107 Å². The molecule has 0 radical (unpaired) electrons. The Hall–Kier alpha value is -1.83. The lowest BCUT2D eigenvalue weighted by atomic mass is 10.3. The quantitative estimate of drug-likeness (QED) is 0.519. The number of carbonyl (C=O) groups excluding carboxylic acids is 1. The van der Waals surface area contributed by atoms with Gasteiger partial charge in [-0.25, -0.2) is 0 Å². The van der Waals surface area contributed by atoms with Gasteiger partial charge in [0.1, 0.15) is 0 Å². The van der Waals surface area contributed by atoms with E-state index >= 15 is 0 Å². The molecule has 18 heavy (non-hydrogen) atoms. The van der Waals surface area contributed by atoms with Gasteiger partial charge in [0, 0.05) is 25.2 Å². The van der Waals surface area contributed by atoms with Crippen molar-refractivity contribution in [2.24, 2.45) is 5.73 Å². The van der Waals surface area contributed by atoms with Crippen molar-refractivity contribution in [2.75, 3.05) is 5.75 Å². The average Bonchev–Trinajstić information content (AvgIpc) is 2.28. The van der Waals surface area contributed by atoms with Gasteiger partial charge in [0.05, 0.1) is 5.75 Å². The van der Waals surface area contributed by atoms with E-state index in [1.54, 1.807) is 4.57 Å². The van der Waals surface area contributed by atoms with E-state index in [4.69, 9.17) is 10.8 Å². The second-order valence-corrected chi connectivity index (χ2v) is 4.44. The van der Waals surface area contributed by atoms with Crippen LogP contribution in [0.3, 0.4) is 0 Å². The van der Waals surface area contributed by atoms with Crippen LogP contribution in [0.4, 0.5) is 0 Å². The van der Waals surface area contributed by atoms with Gasteiger partial charge in [0.15, 0.2) is 5.16 Å². The van der Waals surface area contributed by atoms with E-state index < -0.39 is 17.4 Å². The van der Waals surface area contributed by atoms with Gasteiger partial charge in [-0.3, -0.25) is 14.4 Å². The van der Waals surface area contributed by atoms with Crippen molar-refractivity contribution >= 4 is 23.6 Å². The van der Waals surface area contributed by atoms with E-state index in [1.165, 1.54) is 12.3 Å². The molecule has 1 amide bonds. The molecular formula is C10H13N3O4S. The molecule has 0 unspecified atom stereocenters. The summed E-state index contributed by atoms with van der Waals surface area (Å²) in [4.78, 5) is 35.9. The van der Waals surface area contributed by atoms with Crippen molar-refractivity contribution in [2.45, 2.75) is 24.5 Å². The number of carboxylic acid groups (broad SMARTS) is 1. The molecule has 7 nitrogen and oxygen atoms in total. The summed E-state index contributed by atoms with van der Waals surface area (Å²) in [5.41, 5.74) is 4.60. The number of amides is 1. The molecule has 0 aromatic carbocycles. The van der Waals surface area contributed by atoms with Crippen molar-refractivity contribution < 1.29 is 14.7 Å². The maximum absolute atomic E-state index is 11.1. The molecule has 1 aromatic rings. The number of hydrogen-bond acceptors (Lipinski definition) is 5. The summed E-state index contributed by atoms with van der Waals surface area (Å²) in [7, 11) is 0. The molecule has 0 saturated carbocycles. The molecule has 0 aliphatic carbocycles. The first-order chi connectivity index (χ1) is 8.49. The number of aryl methyl sites for hydroxylation is 1. The molecule has 0 bridgehead atoms. The lowest BCUT2D eigenvalue weighted by molar-refractivity contribution is -0.133. The van der Waals surface area contributed by atoms with Gasteiger partial charge >= 0.3 is 5.97 Å². The second kappa shape index (κ2) is 6.80. The first kappa shape index (κ1) is 14.2. The van der Waals surface area contributed by atoms with E-state index in [0.717, 1.165) is 11.8 Å². The Kier molecular flexibility index (Phi) is 5.37. The molecule has 3 N–H and O–H groups in total. The number of rotatable bonds is 7. The van der Waals surface area contributed by atoms with Crippen LogP contribution in [0.1, 0.15) is 12.8 Å². The molecule has 0 atom stereocenters. The average molecular weight is 271 g/mol. The maximum Gasteiger partial charge on any atom is 0.313 e. The van der Waals surface area contributed by atoms with Crippen LogP contribution in [0.15, 0.2) is 22.2 Å². The predicted octanol–water partition coefficient (Wildman–Crippen LogP) is -0.315. The van der Waals surface area contributed by atoms with E-state index in [2.05, 4.69) is 4.98 Å². The number of carbonyl (C=O) groups is 2. The smallest absolute Gasteiger partial charge is 0.313 e. The molecule has 98 valence electrons. The maximum atomic E-state index is 11.1. The molecule has 1 rings (SSSR count). The van der Waals surface area contributed by atoms with Gasteiger partial charge in [-0.2, -0.15) is 4.98 Å². The molecule has 1 aromatic heterocycles. The van der Waals surface area contributed by atoms with Crippen molar-refractivity contribution in [1.82, 2.24) is 9.55 Å². The van der Waals surface area contributed by atoms with Crippen LogP contribution in [0.2, 0.25) is 0 Å². The largest absolute Gasteiger partial charge is 0.481 e. The number of nitrogens with zero attached hydrogens (tertiary/aromatic N) is 2. The van der Waals surface area contributed by atoms with Gasteiger partial charge in [-0.1, -0.05) is 11.8 Å². The number of nitrogens with two attached hydrogens (primary N) is 1. The molecule has 1 heterocycles. The topological polar surface area (TPSA) is 115 Å². The van der Waals surface area contributed by atoms with Gasteiger partial charge in [0.25, 0.3) is 5.56 Å². The third-order valence-corrected chi connectivity index (χ3v) is 2.97. The standard InChI is InChI=1S/C10H13N3O4S/c11-7(14)2-1-4-13-5-3-8(15)12-10(13)18-6-9(16)17/h3,5H,1-2,4,6H2,(H2,11,14)(H,16,17). The van der Waals surface area contributed by atoms with Crippen molar-refractivity contribution in [3.8, 4) is 0 Å². The normalized spacial score (nSPS) is 10.2. The van der Waals surface area contributed by atoms with Crippen LogP contribution in [-0.2, 0) is 16.1 Å². The minimum Gasteiger partial charge on any atom is -0.481 e. The summed E-state index contributed by atoms with van der Waals surface area (Å²) in [5, 5.41) is 8.91. The summed E-state index contributed by atoms with van der Waals surface area (Å²) >= 11 is 0.964. The molecule has 0 spiro atoms. The van der Waals surface area contributed by atoms with Crippen LogP contribution in [0.25, 0.3) is 0 Å². The monoisotopic (exact) mass is 271 g/mol. The van der Waals surface area contributed by atoms with E-state index in [-0.39, 0.29) is 12.2 Å². The first-order valence-electron chi connectivity index (χ1n) is 5.19.